The zero-order valence-corrected chi connectivity index (χ0v) is 20.3. The van der Waals surface area contributed by atoms with E-state index in [0.29, 0.717) is 0 Å². The van der Waals surface area contributed by atoms with Gasteiger partial charge >= 0.3 is 5.97 Å². The standard InChI is InChI=1S/C25H26N2O10/c1-27(2)18-12-7-10-6-11-9(8-14(29)24(35)37-3)4-5-13(28)16(11)19(30)15(10)21(32)25(12,36)22(33)17(20(18)31)23(26)34/h4-5,10,12,15,17-18,28,36H,6-8H2,1-3H3,(H2,26,34)/t10-,12-,15?,17?,18-,25-/m1/s1. The molecule has 1 aromatic rings. The van der Waals surface area contributed by atoms with Gasteiger partial charge in [-0.2, -0.15) is 0 Å². The minimum atomic E-state index is -2.81. The van der Waals surface area contributed by atoms with Crippen molar-refractivity contribution in [3.05, 3.63) is 28.8 Å². The van der Waals surface area contributed by atoms with Crippen molar-refractivity contribution in [2.24, 2.45) is 29.4 Å². The molecule has 12 nitrogen and oxygen atoms in total. The number of esters is 1. The predicted octanol–water partition coefficient (Wildman–Crippen LogP) is -1.85. The Kier molecular flexibility index (Phi) is 6.37. The van der Waals surface area contributed by atoms with Gasteiger partial charge in [0.05, 0.1) is 24.6 Å². The molecule has 3 aliphatic carbocycles. The van der Waals surface area contributed by atoms with Gasteiger partial charge in [-0.3, -0.25) is 33.7 Å². The van der Waals surface area contributed by atoms with E-state index in [-0.39, 0.29) is 29.5 Å². The Labute approximate surface area is 210 Å². The monoisotopic (exact) mass is 514 g/mol. The van der Waals surface area contributed by atoms with E-state index in [1.165, 1.54) is 25.1 Å². The van der Waals surface area contributed by atoms with Gasteiger partial charge in [0.2, 0.25) is 11.7 Å². The highest BCUT2D eigenvalue weighted by atomic mass is 16.5. The van der Waals surface area contributed by atoms with Crippen LogP contribution in [-0.4, -0.2) is 88.8 Å². The second-order valence-corrected chi connectivity index (χ2v) is 9.98. The van der Waals surface area contributed by atoms with Crippen LogP contribution < -0.4 is 5.73 Å². The van der Waals surface area contributed by atoms with E-state index in [1.807, 2.05) is 0 Å². The third kappa shape index (κ3) is 3.70. The average molecular weight is 514 g/mol. The molecule has 0 bridgehead atoms. The number of phenolic OH excluding ortho intramolecular Hbond substituents is 1. The quantitative estimate of drug-likeness (QED) is 0.226. The number of aliphatic hydroxyl groups is 1. The van der Waals surface area contributed by atoms with E-state index < -0.39 is 88.3 Å². The Morgan fingerprint density at radius 2 is 1.78 bits per heavy atom. The van der Waals surface area contributed by atoms with Crippen LogP contribution in [0.5, 0.6) is 5.75 Å². The molecule has 0 aliphatic heterocycles. The lowest BCUT2D eigenvalue weighted by molar-refractivity contribution is -0.181. The number of aromatic hydroxyl groups is 1. The third-order valence-electron chi connectivity index (χ3n) is 7.81. The smallest absolute Gasteiger partial charge is 0.374 e. The van der Waals surface area contributed by atoms with Gasteiger partial charge in [-0.15, -0.1) is 0 Å². The summed E-state index contributed by atoms with van der Waals surface area (Å²) < 4.78 is 4.44. The number of hydrogen-bond acceptors (Lipinski definition) is 11. The number of amides is 1. The van der Waals surface area contributed by atoms with Crippen LogP contribution in [0, 0.1) is 23.7 Å². The molecule has 2 fully saturated rings. The Balaban J connectivity index is 1.83. The highest BCUT2D eigenvalue weighted by Gasteiger charge is 2.69. The summed E-state index contributed by atoms with van der Waals surface area (Å²) in [5.41, 5.74) is 2.75. The number of likely N-dealkylation sites (N-methyl/N-ethyl adjacent to an activating group) is 1. The van der Waals surface area contributed by atoms with Gasteiger partial charge in [-0.05, 0) is 50.0 Å². The van der Waals surface area contributed by atoms with Crippen molar-refractivity contribution in [2.75, 3.05) is 21.2 Å². The van der Waals surface area contributed by atoms with Crippen LogP contribution in [0.25, 0.3) is 0 Å². The number of rotatable bonds is 5. The molecule has 0 saturated heterocycles. The Bertz CT molecular complexity index is 1280. The molecule has 3 aliphatic rings. The number of carbonyl (C=O) groups excluding carboxylic acids is 7. The number of nitrogens with zero attached hydrogens (tertiary/aromatic N) is 1. The number of fused-ring (bicyclic) bond motifs is 3. The summed E-state index contributed by atoms with van der Waals surface area (Å²) in [7, 11) is 4.03. The van der Waals surface area contributed by atoms with Gasteiger partial charge in [-0.25, -0.2) is 4.79 Å². The van der Waals surface area contributed by atoms with Crippen LogP contribution in [0.3, 0.4) is 0 Å². The number of ether oxygens (including phenoxy) is 1. The molecule has 196 valence electrons. The predicted molar refractivity (Wildman–Crippen MR) is 122 cm³/mol. The largest absolute Gasteiger partial charge is 0.507 e. The van der Waals surface area contributed by atoms with Crippen molar-refractivity contribution in [1.29, 1.82) is 0 Å². The number of Topliss-reactive ketones (excluding diaryl/α,β-unsaturated/α-hetero) is 5. The number of benzene rings is 1. The van der Waals surface area contributed by atoms with Crippen LogP contribution in [-0.2, 0) is 46.3 Å². The first-order valence-corrected chi connectivity index (χ1v) is 11.6. The lowest BCUT2D eigenvalue weighted by Crippen LogP contribution is -2.74. The zero-order valence-electron chi connectivity index (χ0n) is 20.3. The molecule has 0 aromatic heterocycles. The lowest BCUT2D eigenvalue weighted by Gasteiger charge is -2.52. The number of methoxy groups -OCH3 is 1. The molecule has 1 amide bonds. The number of primary amides is 1. The van der Waals surface area contributed by atoms with Crippen molar-refractivity contribution in [3.8, 4) is 5.75 Å². The van der Waals surface area contributed by atoms with Crippen LogP contribution in [0.1, 0.15) is 27.9 Å². The Morgan fingerprint density at radius 1 is 1.14 bits per heavy atom. The van der Waals surface area contributed by atoms with Crippen LogP contribution in [0.4, 0.5) is 0 Å². The van der Waals surface area contributed by atoms with Crippen LogP contribution in [0.15, 0.2) is 12.1 Å². The van der Waals surface area contributed by atoms with E-state index in [4.69, 9.17) is 5.73 Å². The highest BCUT2D eigenvalue weighted by molar-refractivity contribution is 6.34. The molecule has 2 saturated carbocycles. The van der Waals surface area contributed by atoms with Gasteiger partial charge in [0.25, 0.3) is 0 Å². The molecule has 2 unspecified atom stereocenters. The normalized spacial score (nSPS) is 30.9. The third-order valence-corrected chi connectivity index (χ3v) is 7.81. The van der Waals surface area contributed by atoms with Crippen LogP contribution in [0.2, 0.25) is 0 Å². The summed E-state index contributed by atoms with van der Waals surface area (Å²) in [5, 5.41) is 22.0. The fourth-order valence-corrected chi connectivity index (χ4v) is 6.19. The molecule has 1 aromatic carbocycles. The van der Waals surface area contributed by atoms with E-state index in [1.54, 1.807) is 0 Å². The first-order chi connectivity index (χ1) is 17.3. The molecular weight excluding hydrogens is 488 g/mol. The van der Waals surface area contributed by atoms with Crippen molar-refractivity contribution < 1.29 is 48.5 Å². The first-order valence-electron chi connectivity index (χ1n) is 11.6. The molecule has 37 heavy (non-hydrogen) atoms. The maximum absolute atomic E-state index is 13.7. The van der Waals surface area contributed by atoms with E-state index >= 15 is 0 Å². The molecule has 0 spiro atoms. The number of hydrogen-bond donors (Lipinski definition) is 3. The summed E-state index contributed by atoms with van der Waals surface area (Å²) in [6, 6.07) is 1.32. The van der Waals surface area contributed by atoms with E-state index in [2.05, 4.69) is 4.74 Å². The van der Waals surface area contributed by atoms with Gasteiger partial charge in [0.1, 0.15) is 5.75 Å². The fourth-order valence-electron chi connectivity index (χ4n) is 6.19. The molecule has 0 heterocycles. The average Bonchev–Trinajstić information content (AvgIpc) is 2.82. The van der Waals surface area contributed by atoms with E-state index in [9.17, 15) is 43.8 Å². The summed E-state index contributed by atoms with van der Waals surface area (Å²) in [6.07, 6.45) is -0.549. The van der Waals surface area contributed by atoms with Gasteiger partial charge in [-0.1, -0.05) is 6.07 Å². The summed E-state index contributed by atoms with van der Waals surface area (Å²) in [5.74, 6) is -13.6. The molecular formula is C25H26N2O10. The second-order valence-electron chi connectivity index (χ2n) is 9.98. The number of carbonyl (C=O) groups is 7. The second kappa shape index (κ2) is 8.96. The zero-order chi connectivity index (χ0) is 27.6. The van der Waals surface area contributed by atoms with E-state index in [0.717, 1.165) is 13.2 Å². The van der Waals surface area contributed by atoms with Gasteiger partial charge < -0.3 is 20.7 Å². The number of ketones is 5. The lowest BCUT2D eigenvalue weighted by atomic mass is 9.52. The summed E-state index contributed by atoms with van der Waals surface area (Å²) in [6.45, 7) is 0. The SMILES string of the molecule is COC(=O)C(=O)Cc1ccc(O)c2c1C[C@@H]1C[C@@H]3[C@@H](N(C)C)C(=O)C(C(N)=O)C(=O)[C@]3(O)C(=O)C1C2=O. The number of nitrogens with two attached hydrogens (primary N) is 1. The first kappa shape index (κ1) is 26.3. The topological polar surface area (TPSA) is 198 Å². The van der Waals surface area contributed by atoms with Crippen LogP contribution >= 0.6 is 0 Å². The van der Waals surface area contributed by atoms with Crippen molar-refractivity contribution >= 4 is 40.8 Å². The maximum atomic E-state index is 13.7. The summed E-state index contributed by atoms with van der Waals surface area (Å²) >= 11 is 0. The minimum absolute atomic E-state index is 0.00990. The fraction of sp³-hybridized carbons (Fsp3) is 0.480. The van der Waals surface area contributed by atoms with Crippen molar-refractivity contribution in [2.45, 2.75) is 30.9 Å². The molecule has 0 radical (unpaired) electrons. The number of phenols is 1. The molecule has 12 heteroatoms. The highest BCUT2D eigenvalue weighted by Crippen LogP contribution is 2.51. The van der Waals surface area contributed by atoms with Gasteiger partial charge in [0, 0.05) is 12.3 Å². The van der Waals surface area contributed by atoms with Crippen molar-refractivity contribution in [1.82, 2.24) is 4.90 Å². The van der Waals surface area contributed by atoms with Crippen molar-refractivity contribution in [3.63, 3.8) is 0 Å². The Morgan fingerprint density at radius 3 is 2.35 bits per heavy atom. The maximum Gasteiger partial charge on any atom is 0.374 e. The Hall–Kier alpha value is -3.77. The summed E-state index contributed by atoms with van der Waals surface area (Å²) in [4.78, 5) is 90.9. The minimum Gasteiger partial charge on any atom is -0.507 e. The molecule has 4 rings (SSSR count). The van der Waals surface area contributed by atoms with Gasteiger partial charge in [0.15, 0.2) is 34.7 Å². The molecule has 4 N–H and O–H groups in total. The molecule has 6 atom stereocenters.